The van der Waals surface area contributed by atoms with Gasteiger partial charge in [-0.1, -0.05) is 11.2 Å². The van der Waals surface area contributed by atoms with Crippen LogP contribution < -0.4 is 20.9 Å². The number of carbonyl (C=O) groups is 2. The molecule has 11 nitrogen and oxygen atoms in total. The van der Waals surface area contributed by atoms with Crippen LogP contribution in [0.4, 0.5) is 4.39 Å². The molecule has 0 spiro atoms. The predicted octanol–water partition coefficient (Wildman–Crippen LogP) is 1.64. The SMILES string of the molecule is CNC(=O)Cn1cc([C@H]2CC(c3cc(C(=O)NCc4ccc(F)c(OC)c4)nc(C)n3)=NO2)ccc1=O. The second-order valence-corrected chi connectivity index (χ2v) is 8.28. The van der Waals surface area contributed by atoms with Crippen molar-refractivity contribution in [2.24, 2.45) is 5.16 Å². The van der Waals surface area contributed by atoms with Crippen LogP contribution >= 0.6 is 0 Å². The van der Waals surface area contributed by atoms with Gasteiger partial charge in [0.25, 0.3) is 11.5 Å². The summed E-state index contributed by atoms with van der Waals surface area (Å²) in [4.78, 5) is 50.8. The Kier molecular flexibility index (Phi) is 7.56. The minimum Gasteiger partial charge on any atom is -0.494 e. The van der Waals surface area contributed by atoms with E-state index in [1.807, 2.05) is 0 Å². The average Bonchev–Trinajstić information content (AvgIpc) is 3.39. The first-order valence-electron chi connectivity index (χ1n) is 11.4. The standard InChI is InChI=1S/C25H25FN6O5/c1-14-29-18(9-20(30-14)25(35)28-11-15-4-6-17(26)22(8-15)36-3)19-10-21(37-31-19)16-5-7-24(34)32(12-16)13-23(33)27-2/h4-9,12,21H,10-11,13H2,1-3H3,(H,27,33)(H,28,35)/t21-/m1/s1. The number of aryl methyl sites for hydroxylation is 1. The van der Waals surface area contributed by atoms with Crippen molar-refractivity contribution in [2.45, 2.75) is 32.5 Å². The van der Waals surface area contributed by atoms with Crippen LogP contribution in [0.3, 0.4) is 0 Å². The number of likely N-dealkylation sites (N-methyl/N-ethyl adjacent to an activating group) is 1. The molecule has 1 aliphatic rings. The van der Waals surface area contributed by atoms with E-state index in [4.69, 9.17) is 9.57 Å². The highest BCUT2D eigenvalue weighted by atomic mass is 19.1. The van der Waals surface area contributed by atoms with E-state index < -0.39 is 17.8 Å². The van der Waals surface area contributed by atoms with Crippen LogP contribution in [0.1, 0.15) is 45.7 Å². The van der Waals surface area contributed by atoms with Crippen LogP contribution in [0.15, 0.2) is 52.5 Å². The minimum absolute atomic E-state index is 0.0877. The summed E-state index contributed by atoms with van der Waals surface area (Å²) in [6, 6.07) is 8.84. The van der Waals surface area contributed by atoms with Crippen LogP contribution in [0, 0.1) is 12.7 Å². The molecular formula is C25H25FN6O5. The lowest BCUT2D eigenvalue weighted by atomic mass is 10.0. The topological polar surface area (TPSA) is 137 Å². The van der Waals surface area contributed by atoms with Crippen LogP contribution in [0.5, 0.6) is 5.75 Å². The highest BCUT2D eigenvalue weighted by molar-refractivity contribution is 6.02. The lowest BCUT2D eigenvalue weighted by Crippen LogP contribution is -2.30. The monoisotopic (exact) mass is 508 g/mol. The van der Waals surface area contributed by atoms with Gasteiger partial charge in [-0.15, -0.1) is 0 Å². The van der Waals surface area contributed by atoms with Crippen LogP contribution in [0.25, 0.3) is 0 Å². The number of hydrogen-bond donors (Lipinski definition) is 2. The number of pyridine rings is 1. The third kappa shape index (κ3) is 5.97. The van der Waals surface area contributed by atoms with Crippen LogP contribution in [-0.2, 0) is 22.7 Å². The molecule has 2 N–H and O–H groups in total. The fraction of sp³-hybridized carbons (Fsp3) is 0.280. The number of carbonyl (C=O) groups excluding carboxylic acids is 2. The Hall–Kier alpha value is -4.61. The molecule has 2 amide bonds. The lowest BCUT2D eigenvalue weighted by Gasteiger charge is -2.11. The second-order valence-electron chi connectivity index (χ2n) is 8.28. The molecule has 4 rings (SSSR count). The highest BCUT2D eigenvalue weighted by Gasteiger charge is 2.26. The molecule has 0 unspecified atom stereocenters. The number of oxime groups is 1. The van der Waals surface area contributed by atoms with Crippen molar-refractivity contribution in [3.05, 3.63) is 87.1 Å². The Labute approximate surface area is 211 Å². The van der Waals surface area contributed by atoms with Crippen molar-refractivity contribution in [2.75, 3.05) is 14.2 Å². The van der Waals surface area contributed by atoms with Crippen molar-refractivity contribution >= 4 is 17.5 Å². The molecule has 37 heavy (non-hydrogen) atoms. The highest BCUT2D eigenvalue weighted by Crippen LogP contribution is 2.28. The largest absolute Gasteiger partial charge is 0.494 e. The van der Waals surface area contributed by atoms with E-state index >= 15 is 0 Å². The van der Waals surface area contributed by atoms with Gasteiger partial charge in [0.05, 0.1) is 12.8 Å². The fourth-order valence-electron chi connectivity index (χ4n) is 3.72. The zero-order valence-corrected chi connectivity index (χ0v) is 20.4. The normalized spacial score (nSPS) is 14.5. The molecule has 1 aliphatic heterocycles. The first kappa shape index (κ1) is 25.5. The van der Waals surface area contributed by atoms with Crippen molar-refractivity contribution in [3.8, 4) is 5.75 Å². The maximum Gasteiger partial charge on any atom is 0.270 e. The van der Waals surface area contributed by atoms with Crippen molar-refractivity contribution in [3.63, 3.8) is 0 Å². The number of halogens is 1. The molecule has 12 heteroatoms. The third-order valence-corrected chi connectivity index (χ3v) is 5.67. The van der Waals surface area contributed by atoms with Crippen LogP contribution in [-0.4, -0.2) is 46.2 Å². The molecule has 2 aromatic heterocycles. The number of benzene rings is 1. The Bertz CT molecular complexity index is 1440. The van der Waals surface area contributed by atoms with Gasteiger partial charge in [0.15, 0.2) is 17.7 Å². The summed E-state index contributed by atoms with van der Waals surface area (Å²) < 4.78 is 19.9. The van der Waals surface area contributed by atoms with E-state index in [0.29, 0.717) is 34.8 Å². The first-order valence-corrected chi connectivity index (χ1v) is 11.4. The summed E-state index contributed by atoms with van der Waals surface area (Å²) in [6.45, 7) is 1.69. The molecule has 0 saturated carbocycles. The molecule has 0 radical (unpaired) electrons. The van der Waals surface area contributed by atoms with Gasteiger partial charge in [-0.3, -0.25) is 14.4 Å². The Morgan fingerprint density at radius 2 is 2.03 bits per heavy atom. The van der Waals surface area contributed by atoms with Gasteiger partial charge in [-0.2, -0.15) is 0 Å². The molecule has 0 saturated heterocycles. The number of aromatic nitrogens is 3. The number of nitrogens with zero attached hydrogens (tertiary/aromatic N) is 4. The second kappa shape index (κ2) is 11.0. The van der Waals surface area contributed by atoms with Gasteiger partial charge >= 0.3 is 0 Å². The number of nitrogens with one attached hydrogen (secondary N) is 2. The number of methoxy groups -OCH3 is 1. The molecule has 3 heterocycles. The number of ether oxygens (including phenoxy) is 1. The van der Waals surface area contributed by atoms with E-state index in [9.17, 15) is 18.8 Å². The molecule has 0 fully saturated rings. The lowest BCUT2D eigenvalue weighted by molar-refractivity contribution is -0.121. The van der Waals surface area contributed by atoms with Gasteiger partial charge in [-0.25, -0.2) is 14.4 Å². The Morgan fingerprint density at radius 3 is 2.78 bits per heavy atom. The first-order chi connectivity index (χ1) is 17.8. The van der Waals surface area contributed by atoms with E-state index in [0.717, 1.165) is 0 Å². The minimum atomic E-state index is -0.493. The summed E-state index contributed by atoms with van der Waals surface area (Å²) in [5.41, 5.74) is 2.10. The van der Waals surface area contributed by atoms with Gasteiger partial charge < -0.3 is 24.8 Å². The number of rotatable bonds is 8. The van der Waals surface area contributed by atoms with Crippen molar-refractivity contribution < 1.29 is 23.6 Å². The molecule has 0 aliphatic carbocycles. The smallest absolute Gasteiger partial charge is 0.270 e. The van der Waals surface area contributed by atoms with Gasteiger partial charge in [0.1, 0.15) is 23.8 Å². The van der Waals surface area contributed by atoms with Crippen molar-refractivity contribution in [1.82, 2.24) is 25.2 Å². The predicted molar refractivity (Wildman–Crippen MR) is 131 cm³/mol. The van der Waals surface area contributed by atoms with Gasteiger partial charge in [0.2, 0.25) is 5.91 Å². The number of amides is 2. The Morgan fingerprint density at radius 1 is 1.22 bits per heavy atom. The molecule has 1 atom stereocenters. The fourth-order valence-corrected chi connectivity index (χ4v) is 3.72. The van der Waals surface area contributed by atoms with E-state index in [1.165, 1.54) is 43.0 Å². The van der Waals surface area contributed by atoms with Gasteiger partial charge in [-0.05, 0) is 36.8 Å². The summed E-state index contributed by atoms with van der Waals surface area (Å²) in [5, 5.41) is 9.37. The molecule has 0 bridgehead atoms. The zero-order valence-electron chi connectivity index (χ0n) is 20.4. The Balaban J connectivity index is 1.46. The van der Waals surface area contributed by atoms with E-state index in [-0.39, 0.29) is 36.0 Å². The maximum atomic E-state index is 13.6. The van der Waals surface area contributed by atoms with E-state index in [1.54, 1.807) is 25.3 Å². The average molecular weight is 509 g/mol. The molecule has 192 valence electrons. The van der Waals surface area contributed by atoms with Crippen LogP contribution in [0.2, 0.25) is 0 Å². The molecular weight excluding hydrogens is 483 g/mol. The maximum absolute atomic E-state index is 13.6. The summed E-state index contributed by atoms with van der Waals surface area (Å²) in [7, 11) is 2.86. The summed E-state index contributed by atoms with van der Waals surface area (Å²) in [6.07, 6.45) is 1.41. The molecule has 3 aromatic rings. The van der Waals surface area contributed by atoms with Crippen molar-refractivity contribution in [1.29, 1.82) is 0 Å². The van der Waals surface area contributed by atoms with E-state index in [2.05, 4.69) is 25.8 Å². The zero-order chi connectivity index (χ0) is 26.5. The summed E-state index contributed by atoms with van der Waals surface area (Å²) in [5.74, 6) is -0.769. The van der Waals surface area contributed by atoms with Gasteiger partial charge in [0, 0.05) is 37.8 Å². The third-order valence-electron chi connectivity index (χ3n) is 5.67. The molecule has 1 aromatic carbocycles. The number of hydrogen-bond acceptors (Lipinski definition) is 8. The quantitative estimate of drug-likeness (QED) is 0.472. The summed E-state index contributed by atoms with van der Waals surface area (Å²) >= 11 is 0.